The molecule has 0 bridgehead atoms. The highest BCUT2D eigenvalue weighted by Gasteiger charge is 2.34. The van der Waals surface area contributed by atoms with Gasteiger partial charge in [0.1, 0.15) is 13.2 Å². The molecule has 1 N–H and O–H groups in total. The Labute approximate surface area is 131 Å². The molecule has 0 rings (SSSR count). The standard InChI is InChI=1S/C15H26O7/c1-6-12(16)19-8-11-22-15(5,7-2)13(17)20-9-10-21-14(3,4)18/h6,18H,1,7-11H2,2-5H3. The van der Waals surface area contributed by atoms with Gasteiger partial charge in [0.25, 0.3) is 0 Å². The second-order valence-corrected chi connectivity index (χ2v) is 5.24. The van der Waals surface area contributed by atoms with E-state index in [1.54, 1.807) is 13.8 Å². The van der Waals surface area contributed by atoms with Crippen LogP contribution in [0.25, 0.3) is 0 Å². The fourth-order valence-corrected chi connectivity index (χ4v) is 1.35. The zero-order chi connectivity index (χ0) is 17.2. The highest BCUT2D eigenvalue weighted by atomic mass is 16.6. The predicted octanol–water partition coefficient (Wildman–Crippen LogP) is 1.19. The quantitative estimate of drug-likeness (QED) is 0.265. The van der Waals surface area contributed by atoms with Crippen LogP contribution in [0.3, 0.4) is 0 Å². The second kappa shape index (κ2) is 9.55. The van der Waals surface area contributed by atoms with Gasteiger partial charge in [-0.1, -0.05) is 13.5 Å². The van der Waals surface area contributed by atoms with E-state index >= 15 is 0 Å². The maximum atomic E-state index is 12.0. The zero-order valence-corrected chi connectivity index (χ0v) is 13.7. The average molecular weight is 318 g/mol. The van der Waals surface area contributed by atoms with Crippen LogP contribution in [-0.2, 0) is 28.5 Å². The van der Waals surface area contributed by atoms with Crippen molar-refractivity contribution in [2.24, 2.45) is 0 Å². The maximum absolute atomic E-state index is 12.0. The van der Waals surface area contributed by atoms with Gasteiger partial charge in [-0.25, -0.2) is 9.59 Å². The van der Waals surface area contributed by atoms with E-state index in [0.29, 0.717) is 6.42 Å². The lowest BCUT2D eigenvalue weighted by Crippen LogP contribution is -2.41. The van der Waals surface area contributed by atoms with E-state index in [2.05, 4.69) is 6.58 Å². The SMILES string of the molecule is C=CC(=O)OCCOC(C)(CC)C(=O)OCCOC(C)(C)O. The van der Waals surface area contributed by atoms with Gasteiger partial charge in [0.15, 0.2) is 11.4 Å². The minimum atomic E-state index is -1.27. The molecule has 7 nitrogen and oxygen atoms in total. The molecule has 128 valence electrons. The normalized spacial score (nSPS) is 14.0. The van der Waals surface area contributed by atoms with Crippen LogP contribution in [-0.4, -0.2) is 54.9 Å². The van der Waals surface area contributed by atoms with Crippen LogP contribution in [0.2, 0.25) is 0 Å². The van der Waals surface area contributed by atoms with Crippen LogP contribution >= 0.6 is 0 Å². The number of hydrogen-bond donors (Lipinski definition) is 1. The first kappa shape index (κ1) is 20.6. The number of hydrogen-bond acceptors (Lipinski definition) is 7. The van der Waals surface area contributed by atoms with Crippen LogP contribution in [0.1, 0.15) is 34.1 Å². The van der Waals surface area contributed by atoms with E-state index in [4.69, 9.17) is 18.9 Å². The number of ether oxygens (including phenoxy) is 4. The lowest BCUT2D eigenvalue weighted by atomic mass is 10.0. The van der Waals surface area contributed by atoms with Crippen molar-refractivity contribution < 1.29 is 33.6 Å². The zero-order valence-electron chi connectivity index (χ0n) is 13.7. The van der Waals surface area contributed by atoms with Gasteiger partial charge in [0.05, 0.1) is 13.2 Å². The van der Waals surface area contributed by atoms with E-state index in [1.165, 1.54) is 13.8 Å². The third-order valence-corrected chi connectivity index (χ3v) is 2.79. The van der Waals surface area contributed by atoms with E-state index < -0.39 is 23.3 Å². The van der Waals surface area contributed by atoms with Gasteiger partial charge in [-0.05, 0) is 27.2 Å². The van der Waals surface area contributed by atoms with Gasteiger partial charge in [-0.2, -0.15) is 0 Å². The molecule has 0 spiro atoms. The summed E-state index contributed by atoms with van der Waals surface area (Å²) in [5.41, 5.74) is -1.13. The molecule has 0 saturated heterocycles. The molecule has 0 aromatic heterocycles. The van der Waals surface area contributed by atoms with Gasteiger partial charge in [-0.3, -0.25) is 0 Å². The molecule has 0 heterocycles. The second-order valence-electron chi connectivity index (χ2n) is 5.24. The Morgan fingerprint density at radius 2 is 1.59 bits per heavy atom. The molecule has 1 atom stereocenters. The summed E-state index contributed by atoms with van der Waals surface area (Å²) in [5, 5.41) is 9.36. The maximum Gasteiger partial charge on any atom is 0.338 e. The van der Waals surface area contributed by atoms with E-state index in [0.717, 1.165) is 6.08 Å². The molecule has 0 amide bonds. The summed E-state index contributed by atoms with van der Waals surface area (Å²) >= 11 is 0. The smallest absolute Gasteiger partial charge is 0.338 e. The van der Waals surface area contributed by atoms with Crippen molar-refractivity contribution in [1.82, 2.24) is 0 Å². The average Bonchev–Trinajstić information content (AvgIpc) is 2.46. The molecule has 7 heteroatoms. The summed E-state index contributed by atoms with van der Waals surface area (Å²) in [6, 6.07) is 0. The van der Waals surface area contributed by atoms with Crippen molar-refractivity contribution in [3.8, 4) is 0 Å². The lowest BCUT2D eigenvalue weighted by molar-refractivity contribution is -0.194. The Morgan fingerprint density at radius 3 is 2.09 bits per heavy atom. The number of esters is 2. The number of aliphatic hydroxyl groups is 1. The highest BCUT2D eigenvalue weighted by Crippen LogP contribution is 2.17. The summed E-state index contributed by atoms with van der Waals surface area (Å²) in [5.74, 6) is -2.36. The van der Waals surface area contributed by atoms with Crippen molar-refractivity contribution in [2.75, 3.05) is 26.4 Å². The third-order valence-electron chi connectivity index (χ3n) is 2.79. The molecule has 0 aromatic rings. The Kier molecular flexibility index (Phi) is 8.93. The number of rotatable bonds is 11. The molecule has 0 aromatic carbocycles. The van der Waals surface area contributed by atoms with Gasteiger partial charge in [0.2, 0.25) is 0 Å². The molecule has 0 aliphatic rings. The van der Waals surface area contributed by atoms with Gasteiger partial charge < -0.3 is 24.1 Å². The molecule has 0 radical (unpaired) electrons. The predicted molar refractivity (Wildman–Crippen MR) is 79.0 cm³/mol. The highest BCUT2D eigenvalue weighted by molar-refractivity contribution is 5.81. The number of carbonyl (C=O) groups is 2. The van der Waals surface area contributed by atoms with E-state index in [-0.39, 0.29) is 26.4 Å². The van der Waals surface area contributed by atoms with Gasteiger partial charge >= 0.3 is 11.9 Å². The summed E-state index contributed by atoms with van der Waals surface area (Å²) in [6.45, 7) is 9.80. The topological polar surface area (TPSA) is 91.3 Å². The first-order chi connectivity index (χ1) is 10.1. The molecule has 0 aliphatic carbocycles. The van der Waals surface area contributed by atoms with Crippen LogP contribution in [0.4, 0.5) is 0 Å². The molecular weight excluding hydrogens is 292 g/mol. The summed E-state index contributed by atoms with van der Waals surface area (Å²) < 4.78 is 20.3. The Balaban J connectivity index is 4.14. The molecular formula is C15H26O7. The van der Waals surface area contributed by atoms with E-state index in [1.807, 2.05) is 0 Å². The van der Waals surface area contributed by atoms with Crippen molar-refractivity contribution >= 4 is 11.9 Å². The minimum absolute atomic E-state index is 0.00717. The van der Waals surface area contributed by atoms with Crippen LogP contribution < -0.4 is 0 Å². The van der Waals surface area contributed by atoms with Crippen LogP contribution in [0.5, 0.6) is 0 Å². The van der Waals surface area contributed by atoms with Crippen molar-refractivity contribution in [3.05, 3.63) is 12.7 Å². The Morgan fingerprint density at radius 1 is 1.05 bits per heavy atom. The van der Waals surface area contributed by atoms with E-state index in [9.17, 15) is 14.7 Å². The molecule has 0 aliphatic heterocycles. The van der Waals surface area contributed by atoms with Crippen LogP contribution in [0.15, 0.2) is 12.7 Å². The monoisotopic (exact) mass is 318 g/mol. The van der Waals surface area contributed by atoms with Gasteiger partial charge in [-0.15, -0.1) is 0 Å². The fourth-order valence-electron chi connectivity index (χ4n) is 1.35. The van der Waals surface area contributed by atoms with Crippen molar-refractivity contribution in [2.45, 2.75) is 45.5 Å². The Hall–Kier alpha value is -1.44. The lowest BCUT2D eigenvalue weighted by Gasteiger charge is -2.26. The molecule has 22 heavy (non-hydrogen) atoms. The Bertz CT molecular complexity index is 373. The summed E-state index contributed by atoms with van der Waals surface area (Å²) in [4.78, 5) is 22.9. The largest absolute Gasteiger partial charge is 0.461 e. The fraction of sp³-hybridized carbons (Fsp3) is 0.733. The third kappa shape index (κ3) is 8.76. The summed E-state index contributed by atoms with van der Waals surface area (Å²) in [6.07, 6.45) is 1.45. The van der Waals surface area contributed by atoms with Crippen molar-refractivity contribution in [1.29, 1.82) is 0 Å². The minimum Gasteiger partial charge on any atom is -0.461 e. The first-order valence-electron chi connectivity index (χ1n) is 7.11. The first-order valence-corrected chi connectivity index (χ1v) is 7.11. The molecule has 1 unspecified atom stereocenters. The molecule has 0 fully saturated rings. The van der Waals surface area contributed by atoms with Crippen molar-refractivity contribution in [3.63, 3.8) is 0 Å². The van der Waals surface area contributed by atoms with Crippen LogP contribution in [0, 0.1) is 0 Å². The molecule has 0 saturated carbocycles. The number of carbonyl (C=O) groups excluding carboxylic acids is 2. The summed E-state index contributed by atoms with van der Waals surface area (Å²) in [7, 11) is 0. The van der Waals surface area contributed by atoms with Gasteiger partial charge in [0, 0.05) is 6.08 Å².